The Bertz CT molecular complexity index is 951. The zero-order valence-electron chi connectivity index (χ0n) is 15.6. The molecule has 3 aromatic rings. The van der Waals surface area contributed by atoms with Gasteiger partial charge in [0.05, 0.1) is 5.71 Å². The average molecular weight is 374 g/mol. The topological polar surface area (TPSA) is 70.9 Å². The van der Waals surface area contributed by atoms with E-state index < -0.39 is 0 Å². The van der Waals surface area contributed by atoms with Gasteiger partial charge in [-0.25, -0.2) is 5.43 Å². The van der Waals surface area contributed by atoms with Crippen LogP contribution in [-0.4, -0.2) is 23.3 Å². The van der Waals surface area contributed by atoms with Gasteiger partial charge in [-0.15, -0.1) is 0 Å². The van der Waals surface area contributed by atoms with E-state index in [2.05, 4.69) is 10.5 Å². The maximum Gasteiger partial charge on any atom is 0.277 e. The summed E-state index contributed by atoms with van der Waals surface area (Å²) in [5, 5.41) is 13.6. The van der Waals surface area contributed by atoms with Gasteiger partial charge in [0.1, 0.15) is 11.5 Å². The van der Waals surface area contributed by atoms with E-state index in [0.717, 1.165) is 22.4 Å². The van der Waals surface area contributed by atoms with Gasteiger partial charge in [-0.1, -0.05) is 55.5 Å². The third-order valence-electron chi connectivity index (χ3n) is 4.18. The van der Waals surface area contributed by atoms with Gasteiger partial charge in [0.25, 0.3) is 5.91 Å². The lowest BCUT2D eigenvalue weighted by atomic mass is 10.1. The summed E-state index contributed by atoms with van der Waals surface area (Å²) in [6.07, 6.45) is 0.642. The van der Waals surface area contributed by atoms with Crippen molar-refractivity contribution in [3.63, 3.8) is 0 Å². The van der Waals surface area contributed by atoms with Crippen molar-refractivity contribution in [2.75, 3.05) is 6.61 Å². The first-order chi connectivity index (χ1) is 13.7. The molecule has 0 saturated carbocycles. The number of ether oxygens (including phenoxy) is 1. The molecule has 5 nitrogen and oxygen atoms in total. The molecule has 0 aromatic heterocycles. The molecule has 3 rings (SSSR count). The smallest absolute Gasteiger partial charge is 0.277 e. The van der Waals surface area contributed by atoms with Crippen molar-refractivity contribution in [3.8, 4) is 22.6 Å². The largest absolute Gasteiger partial charge is 0.508 e. The van der Waals surface area contributed by atoms with Gasteiger partial charge in [0.15, 0.2) is 6.61 Å². The number of para-hydroxylation sites is 1. The molecule has 0 bridgehead atoms. The van der Waals surface area contributed by atoms with Gasteiger partial charge in [-0.3, -0.25) is 4.79 Å². The van der Waals surface area contributed by atoms with Crippen LogP contribution in [0, 0.1) is 0 Å². The van der Waals surface area contributed by atoms with Crippen LogP contribution in [-0.2, 0) is 4.79 Å². The molecule has 0 heterocycles. The first-order valence-corrected chi connectivity index (χ1v) is 9.09. The maximum absolute atomic E-state index is 12.2. The van der Waals surface area contributed by atoms with Crippen molar-refractivity contribution >= 4 is 11.6 Å². The molecule has 0 fully saturated rings. The van der Waals surface area contributed by atoms with Crippen molar-refractivity contribution in [2.45, 2.75) is 13.3 Å². The highest BCUT2D eigenvalue weighted by atomic mass is 16.5. The highest BCUT2D eigenvalue weighted by molar-refractivity contribution is 6.01. The fourth-order valence-corrected chi connectivity index (χ4v) is 2.76. The fraction of sp³-hybridized carbons (Fsp3) is 0.130. The number of benzene rings is 3. The van der Waals surface area contributed by atoms with Crippen molar-refractivity contribution in [1.82, 2.24) is 5.43 Å². The Kier molecular flexibility index (Phi) is 6.41. The molecule has 0 aliphatic rings. The quantitative estimate of drug-likeness (QED) is 0.477. The van der Waals surface area contributed by atoms with Crippen LogP contribution in [0.25, 0.3) is 11.1 Å². The van der Waals surface area contributed by atoms with Gasteiger partial charge in [0.2, 0.25) is 0 Å². The van der Waals surface area contributed by atoms with E-state index in [4.69, 9.17) is 4.74 Å². The molecule has 0 aliphatic carbocycles. The van der Waals surface area contributed by atoms with Crippen LogP contribution in [0.1, 0.15) is 18.9 Å². The monoisotopic (exact) mass is 374 g/mol. The summed E-state index contributed by atoms with van der Waals surface area (Å²) in [5.41, 5.74) is 6.06. The van der Waals surface area contributed by atoms with Crippen molar-refractivity contribution in [1.29, 1.82) is 0 Å². The van der Waals surface area contributed by atoms with E-state index in [1.807, 2.05) is 61.5 Å². The number of aromatic hydroxyl groups is 1. The van der Waals surface area contributed by atoms with Crippen LogP contribution in [0.4, 0.5) is 0 Å². The molecule has 1 amide bonds. The zero-order valence-corrected chi connectivity index (χ0v) is 15.6. The summed E-state index contributed by atoms with van der Waals surface area (Å²) >= 11 is 0. The SMILES string of the molecule is CC/C(=N\NC(=O)COc1ccccc1-c1ccccc1)c1ccc(O)cc1. The Morgan fingerprint density at radius 3 is 2.36 bits per heavy atom. The van der Waals surface area contributed by atoms with Crippen molar-refractivity contribution in [2.24, 2.45) is 5.10 Å². The predicted octanol–water partition coefficient (Wildman–Crippen LogP) is 4.37. The highest BCUT2D eigenvalue weighted by Gasteiger charge is 2.09. The van der Waals surface area contributed by atoms with E-state index in [1.165, 1.54) is 0 Å². The first kappa shape index (κ1) is 19.2. The summed E-state index contributed by atoms with van der Waals surface area (Å²) in [4.78, 5) is 12.2. The second-order valence-corrected chi connectivity index (χ2v) is 6.14. The van der Waals surface area contributed by atoms with Crippen LogP contribution in [0.3, 0.4) is 0 Å². The van der Waals surface area contributed by atoms with Crippen LogP contribution >= 0.6 is 0 Å². The van der Waals surface area contributed by atoms with Crippen LogP contribution < -0.4 is 10.2 Å². The molecule has 2 N–H and O–H groups in total. The molecule has 3 aromatic carbocycles. The summed E-state index contributed by atoms with van der Waals surface area (Å²) in [6, 6.07) is 24.2. The number of nitrogens with zero attached hydrogens (tertiary/aromatic N) is 1. The first-order valence-electron chi connectivity index (χ1n) is 9.09. The number of amides is 1. The standard InChI is InChI=1S/C23H22N2O3/c1-2-21(18-12-14-19(26)15-13-18)24-25-23(27)16-28-22-11-7-6-10-20(22)17-8-4-3-5-9-17/h3-15,26H,2,16H2,1H3,(H,25,27)/b24-21+. The molecule has 0 radical (unpaired) electrons. The number of hydrogen-bond donors (Lipinski definition) is 2. The Balaban J connectivity index is 1.64. The summed E-state index contributed by atoms with van der Waals surface area (Å²) in [7, 11) is 0. The molecule has 142 valence electrons. The van der Waals surface area contributed by atoms with Gasteiger partial charge in [-0.2, -0.15) is 5.10 Å². The molecule has 0 atom stereocenters. The van der Waals surface area contributed by atoms with Gasteiger partial charge in [-0.05, 0) is 47.9 Å². The van der Waals surface area contributed by atoms with Gasteiger partial charge in [0, 0.05) is 5.56 Å². The molecule has 0 unspecified atom stereocenters. The van der Waals surface area contributed by atoms with Crippen molar-refractivity contribution in [3.05, 3.63) is 84.4 Å². The number of nitrogens with one attached hydrogen (secondary N) is 1. The Morgan fingerprint density at radius 2 is 1.64 bits per heavy atom. The summed E-state index contributed by atoms with van der Waals surface area (Å²) in [5.74, 6) is 0.489. The third-order valence-corrected chi connectivity index (χ3v) is 4.18. The second-order valence-electron chi connectivity index (χ2n) is 6.14. The van der Waals surface area contributed by atoms with Crippen LogP contribution in [0.5, 0.6) is 11.5 Å². The second kappa shape index (κ2) is 9.37. The lowest BCUT2D eigenvalue weighted by molar-refractivity contribution is -0.123. The maximum atomic E-state index is 12.2. The van der Waals surface area contributed by atoms with E-state index in [9.17, 15) is 9.90 Å². The number of hydrogen-bond acceptors (Lipinski definition) is 4. The molecule has 28 heavy (non-hydrogen) atoms. The number of hydrazone groups is 1. The van der Waals surface area contributed by atoms with Gasteiger partial charge < -0.3 is 9.84 Å². The molecular formula is C23H22N2O3. The average Bonchev–Trinajstić information content (AvgIpc) is 2.74. The van der Waals surface area contributed by atoms with Crippen molar-refractivity contribution < 1.29 is 14.6 Å². The number of carbonyl (C=O) groups excluding carboxylic acids is 1. The number of rotatable bonds is 7. The number of phenols is 1. The van der Waals surface area contributed by atoms with E-state index >= 15 is 0 Å². The third kappa shape index (κ3) is 4.98. The molecular weight excluding hydrogens is 352 g/mol. The zero-order chi connectivity index (χ0) is 19.8. The fourth-order valence-electron chi connectivity index (χ4n) is 2.76. The van der Waals surface area contributed by atoms with Crippen LogP contribution in [0.2, 0.25) is 0 Å². The number of carbonyl (C=O) groups is 1. The Hall–Kier alpha value is -3.60. The van der Waals surface area contributed by atoms with E-state index in [0.29, 0.717) is 12.2 Å². The lowest BCUT2D eigenvalue weighted by Crippen LogP contribution is -2.26. The van der Waals surface area contributed by atoms with Crippen LogP contribution in [0.15, 0.2) is 84.0 Å². The normalized spacial score (nSPS) is 11.1. The summed E-state index contributed by atoms with van der Waals surface area (Å²) < 4.78 is 5.73. The Labute approximate surface area is 164 Å². The predicted molar refractivity (Wildman–Crippen MR) is 110 cm³/mol. The minimum absolute atomic E-state index is 0.139. The molecule has 0 saturated heterocycles. The minimum atomic E-state index is -0.340. The lowest BCUT2D eigenvalue weighted by Gasteiger charge is -2.11. The van der Waals surface area contributed by atoms with Gasteiger partial charge >= 0.3 is 0 Å². The molecule has 0 spiro atoms. The molecule has 0 aliphatic heterocycles. The summed E-state index contributed by atoms with van der Waals surface area (Å²) in [6.45, 7) is 1.81. The van der Waals surface area contributed by atoms with E-state index in [-0.39, 0.29) is 18.3 Å². The number of phenolic OH excluding ortho intramolecular Hbond substituents is 1. The minimum Gasteiger partial charge on any atom is -0.508 e. The van der Waals surface area contributed by atoms with E-state index in [1.54, 1.807) is 24.3 Å². The highest BCUT2D eigenvalue weighted by Crippen LogP contribution is 2.29. The molecule has 5 heteroatoms. The Morgan fingerprint density at radius 1 is 0.964 bits per heavy atom.